The van der Waals surface area contributed by atoms with Gasteiger partial charge in [-0.05, 0) is 18.2 Å². The molecule has 1 nitrogen and oxygen atoms in total. The van der Waals surface area contributed by atoms with Gasteiger partial charge in [0.25, 0.3) is 6.43 Å². The lowest BCUT2D eigenvalue weighted by molar-refractivity contribution is 0.151. The number of rotatable bonds is 1. The van der Waals surface area contributed by atoms with Crippen LogP contribution in [0.25, 0.3) is 10.1 Å². The van der Waals surface area contributed by atoms with Gasteiger partial charge in [-0.15, -0.1) is 24.0 Å². The van der Waals surface area contributed by atoms with Gasteiger partial charge in [0.2, 0.25) is 0 Å². The largest absolute Gasteiger partial charge is 0.508 e. The van der Waals surface area contributed by atoms with Crippen molar-refractivity contribution in [3.63, 3.8) is 0 Å². The minimum atomic E-state index is -2.53. The molecule has 0 radical (unpaired) electrons. The Hall–Kier alpha value is -0.810. The second-order valence-corrected chi connectivity index (χ2v) is 4.60. The number of hydrogen-bond acceptors (Lipinski definition) is 3. The van der Waals surface area contributed by atoms with Crippen molar-refractivity contribution in [2.75, 3.05) is 0 Å². The molecule has 0 saturated heterocycles. The second kappa shape index (κ2) is 3.40. The highest BCUT2D eigenvalue weighted by atomic mass is 32.2. The van der Waals surface area contributed by atoms with Gasteiger partial charge in [-0.2, -0.15) is 0 Å². The van der Waals surface area contributed by atoms with Crippen molar-refractivity contribution in [3.05, 3.63) is 23.8 Å². The van der Waals surface area contributed by atoms with Gasteiger partial charge in [0.15, 0.2) is 0 Å². The lowest BCUT2D eigenvalue weighted by atomic mass is 10.2. The predicted molar refractivity (Wildman–Crippen MR) is 55.7 cm³/mol. The maximum atomic E-state index is 12.6. The van der Waals surface area contributed by atoms with Crippen molar-refractivity contribution in [1.29, 1.82) is 0 Å². The lowest BCUT2D eigenvalue weighted by Crippen LogP contribution is -1.81. The van der Waals surface area contributed by atoms with Gasteiger partial charge in [-0.3, -0.25) is 0 Å². The van der Waals surface area contributed by atoms with Crippen LogP contribution in [0.1, 0.15) is 12.0 Å². The number of phenolic OH excluding ortho intramolecular Hbond substituents is 1. The van der Waals surface area contributed by atoms with E-state index in [0.717, 1.165) is 11.3 Å². The molecule has 0 unspecified atom stereocenters. The molecule has 0 amide bonds. The minimum Gasteiger partial charge on any atom is -0.508 e. The summed E-state index contributed by atoms with van der Waals surface area (Å²) in [7, 11) is 0. The third-order valence-corrected chi connectivity index (χ3v) is 3.40. The van der Waals surface area contributed by atoms with E-state index >= 15 is 0 Å². The van der Waals surface area contributed by atoms with Gasteiger partial charge < -0.3 is 5.11 Å². The monoisotopic (exact) mass is 232 g/mol. The summed E-state index contributed by atoms with van der Waals surface area (Å²) in [6.07, 6.45) is -2.53. The molecule has 5 heteroatoms. The average Bonchev–Trinajstić information content (AvgIpc) is 2.39. The van der Waals surface area contributed by atoms with Crippen molar-refractivity contribution in [1.82, 2.24) is 0 Å². The van der Waals surface area contributed by atoms with Crippen molar-refractivity contribution in [3.8, 4) is 5.75 Å². The number of phenols is 1. The van der Waals surface area contributed by atoms with Crippen LogP contribution in [0.5, 0.6) is 5.75 Å². The first-order valence-electron chi connectivity index (χ1n) is 3.82. The molecule has 2 aromatic rings. The van der Waals surface area contributed by atoms with E-state index in [0.29, 0.717) is 14.3 Å². The van der Waals surface area contributed by atoms with Crippen LogP contribution in [-0.2, 0) is 0 Å². The molecule has 0 aliphatic rings. The molecule has 0 aliphatic heterocycles. The zero-order valence-corrected chi connectivity index (χ0v) is 8.58. The Morgan fingerprint density at radius 1 is 1.36 bits per heavy atom. The van der Waals surface area contributed by atoms with Crippen molar-refractivity contribution in [2.24, 2.45) is 0 Å². The van der Waals surface area contributed by atoms with Crippen LogP contribution in [0.3, 0.4) is 0 Å². The van der Waals surface area contributed by atoms with Gasteiger partial charge in [0.1, 0.15) is 5.75 Å². The van der Waals surface area contributed by atoms with Gasteiger partial charge in [0.05, 0.1) is 4.21 Å². The van der Waals surface area contributed by atoms with Crippen molar-refractivity contribution >= 4 is 34.1 Å². The number of aromatic hydroxyl groups is 1. The van der Waals surface area contributed by atoms with Crippen LogP contribution in [0.4, 0.5) is 8.78 Å². The summed E-state index contributed by atoms with van der Waals surface area (Å²) in [5.74, 6) is 0.0768. The fourth-order valence-corrected chi connectivity index (χ4v) is 2.80. The number of halogens is 2. The number of thiol groups is 1. The highest BCUT2D eigenvalue weighted by Gasteiger charge is 2.18. The SMILES string of the molecule is Oc1ccc2c(C(F)F)c(S)sc2c1. The van der Waals surface area contributed by atoms with Crippen LogP contribution in [0, 0.1) is 0 Å². The van der Waals surface area contributed by atoms with Crippen LogP contribution >= 0.6 is 24.0 Å². The lowest BCUT2D eigenvalue weighted by Gasteiger charge is -1.98. The van der Waals surface area contributed by atoms with Gasteiger partial charge in [0, 0.05) is 15.6 Å². The third kappa shape index (κ3) is 1.46. The number of benzene rings is 1. The molecule has 14 heavy (non-hydrogen) atoms. The fraction of sp³-hybridized carbons (Fsp3) is 0.111. The average molecular weight is 232 g/mol. The standard InChI is InChI=1S/C9H6F2OS2/c10-8(11)7-5-2-1-4(12)3-6(5)14-9(7)13/h1-3,8,12-13H. The van der Waals surface area contributed by atoms with Crippen LogP contribution < -0.4 is 0 Å². The summed E-state index contributed by atoms with van der Waals surface area (Å²) < 4.78 is 26.1. The van der Waals surface area contributed by atoms with Crippen LogP contribution in [-0.4, -0.2) is 5.11 Å². The number of alkyl halides is 2. The van der Waals surface area contributed by atoms with E-state index < -0.39 is 6.43 Å². The van der Waals surface area contributed by atoms with E-state index in [9.17, 15) is 8.78 Å². The second-order valence-electron chi connectivity index (χ2n) is 2.80. The first-order chi connectivity index (χ1) is 6.59. The Morgan fingerprint density at radius 2 is 2.07 bits per heavy atom. The van der Waals surface area contributed by atoms with Crippen LogP contribution in [0.15, 0.2) is 22.4 Å². The molecular weight excluding hydrogens is 226 g/mol. The summed E-state index contributed by atoms with van der Waals surface area (Å²) in [5.41, 5.74) is -0.0478. The maximum absolute atomic E-state index is 12.6. The summed E-state index contributed by atoms with van der Waals surface area (Å²) >= 11 is 5.13. The summed E-state index contributed by atoms with van der Waals surface area (Å²) in [6, 6.07) is 4.35. The molecule has 0 fully saturated rings. The van der Waals surface area contributed by atoms with Crippen molar-refractivity contribution in [2.45, 2.75) is 10.6 Å². The first-order valence-corrected chi connectivity index (χ1v) is 5.08. The normalized spacial score (nSPS) is 11.4. The zero-order valence-electron chi connectivity index (χ0n) is 6.87. The van der Waals surface area contributed by atoms with E-state index in [1.807, 2.05) is 0 Å². The molecule has 0 aliphatic carbocycles. The number of hydrogen-bond donors (Lipinski definition) is 2. The van der Waals surface area contributed by atoms with E-state index in [2.05, 4.69) is 12.6 Å². The third-order valence-electron chi connectivity index (χ3n) is 1.91. The Morgan fingerprint density at radius 3 is 2.71 bits per heavy atom. The van der Waals surface area contributed by atoms with E-state index in [-0.39, 0.29) is 11.3 Å². The smallest absolute Gasteiger partial charge is 0.266 e. The Labute approximate surface area is 88.4 Å². The molecule has 0 atom stereocenters. The molecule has 0 saturated carbocycles. The molecule has 1 aromatic heterocycles. The zero-order chi connectivity index (χ0) is 10.3. The highest BCUT2D eigenvalue weighted by molar-refractivity contribution is 7.83. The predicted octanol–water partition coefficient (Wildman–Crippen LogP) is 3.83. The van der Waals surface area contributed by atoms with E-state index in [4.69, 9.17) is 5.11 Å². The molecule has 1 aromatic carbocycles. The van der Waals surface area contributed by atoms with Gasteiger partial charge in [-0.1, -0.05) is 0 Å². The maximum Gasteiger partial charge on any atom is 0.266 e. The van der Waals surface area contributed by atoms with Gasteiger partial charge >= 0.3 is 0 Å². The Kier molecular flexibility index (Phi) is 2.36. The molecule has 74 valence electrons. The summed E-state index contributed by atoms with van der Waals surface area (Å²) in [5, 5.41) is 9.63. The molecule has 1 heterocycles. The molecule has 1 N–H and O–H groups in total. The van der Waals surface area contributed by atoms with Crippen molar-refractivity contribution < 1.29 is 13.9 Å². The van der Waals surface area contributed by atoms with Crippen LogP contribution in [0.2, 0.25) is 0 Å². The Balaban J connectivity index is 2.77. The fourth-order valence-electron chi connectivity index (χ4n) is 1.30. The van der Waals surface area contributed by atoms with Gasteiger partial charge in [-0.25, -0.2) is 8.78 Å². The minimum absolute atomic E-state index is 0.0478. The quantitative estimate of drug-likeness (QED) is 0.716. The molecule has 0 spiro atoms. The van der Waals surface area contributed by atoms with E-state index in [1.54, 1.807) is 0 Å². The van der Waals surface area contributed by atoms with E-state index in [1.165, 1.54) is 18.2 Å². The Bertz CT molecular complexity index is 479. The number of thiophene rings is 1. The molecule has 0 bridgehead atoms. The molecular formula is C9H6F2OS2. The molecule has 2 rings (SSSR count). The number of fused-ring (bicyclic) bond motifs is 1. The first kappa shape index (κ1) is 9.73. The topological polar surface area (TPSA) is 20.2 Å². The summed E-state index contributed by atoms with van der Waals surface area (Å²) in [6.45, 7) is 0. The summed E-state index contributed by atoms with van der Waals surface area (Å²) in [4.78, 5) is 0. The highest BCUT2D eigenvalue weighted by Crippen LogP contribution is 2.40.